The van der Waals surface area contributed by atoms with Crippen molar-refractivity contribution in [2.24, 2.45) is 0 Å². The predicted octanol–water partition coefficient (Wildman–Crippen LogP) is 3.34. The second kappa shape index (κ2) is 6.54. The zero-order valence-electron chi connectivity index (χ0n) is 12.2. The fourth-order valence-electron chi connectivity index (χ4n) is 2.24. The lowest BCUT2D eigenvalue weighted by Gasteiger charge is -2.22. The summed E-state index contributed by atoms with van der Waals surface area (Å²) in [6.45, 7) is 5.49. The van der Waals surface area contributed by atoms with E-state index in [2.05, 4.69) is 17.1 Å². The fraction of sp³-hybridized carbons (Fsp3) is 0.235. The predicted molar refractivity (Wildman–Crippen MR) is 82.7 cm³/mol. The van der Waals surface area contributed by atoms with Crippen molar-refractivity contribution in [2.45, 2.75) is 13.8 Å². The topological polar surface area (TPSA) is 63.7 Å². The fourth-order valence-corrected chi connectivity index (χ4v) is 2.24. The second-order valence-electron chi connectivity index (χ2n) is 4.52. The summed E-state index contributed by atoms with van der Waals surface area (Å²) >= 11 is 0. The standard InChI is InChI=1S/C17H16N4/c1-3-21(4-2)17-15(12-19)14(11-18)10-16(20-17)13-8-6-5-7-9-13/h5-10H,3-4H2,1-2H3. The number of aromatic nitrogens is 1. The van der Waals surface area contributed by atoms with Gasteiger partial charge in [0, 0.05) is 18.7 Å². The highest BCUT2D eigenvalue weighted by Gasteiger charge is 2.17. The molecule has 0 aliphatic heterocycles. The Labute approximate surface area is 124 Å². The van der Waals surface area contributed by atoms with Gasteiger partial charge in [-0.25, -0.2) is 4.98 Å². The van der Waals surface area contributed by atoms with Crippen LogP contribution in [0.3, 0.4) is 0 Å². The Morgan fingerprint density at radius 1 is 1.05 bits per heavy atom. The smallest absolute Gasteiger partial charge is 0.148 e. The molecule has 0 radical (unpaired) electrons. The summed E-state index contributed by atoms with van der Waals surface area (Å²) in [4.78, 5) is 6.61. The Morgan fingerprint density at radius 3 is 2.24 bits per heavy atom. The van der Waals surface area contributed by atoms with Crippen LogP contribution in [0.2, 0.25) is 0 Å². The molecule has 0 aliphatic carbocycles. The van der Waals surface area contributed by atoms with Gasteiger partial charge >= 0.3 is 0 Å². The van der Waals surface area contributed by atoms with Gasteiger partial charge < -0.3 is 4.90 Å². The molecule has 0 spiro atoms. The number of hydrogen-bond donors (Lipinski definition) is 0. The van der Waals surface area contributed by atoms with Gasteiger partial charge in [-0.15, -0.1) is 0 Å². The summed E-state index contributed by atoms with van der Waals surface area (Å²) in [6.07, 6.45) is 0. The van der Waals surface area contributed by atoms with Crippen molar-refractivity contribution >= 4 is 5.82 Å². The molecule has 0 N–H and O–H groups in total. The maximum Gasteiger partial charge on any atom is 0.148 e. The molecule has 0 fully saturated rings. The number of rotatable bonds is 4. The number of anilines is 1. The van der Waals surface area contributed by atoms with Crippen molar-refractivity contribution < 1.29 is 0 Å². The van der Waals surface area contributed by atoms with Gasteiger partial charge in [0.1, 0.15) is 23.5 Å². The Hall–Kier alpha value is -2.85. The van der Waals surface area contributed by atoms with Crippen molar-refractivity contribution in [2.75, 3.05) is 18.0 Å². The first-order chi connectivity index (χ1) is 10.2. The van der Waals surface area contributed by atoms with E-state index in [4.69, 9.17) is 0 Å². The molecule has 21 heavy (non-hydrogen) atoms. The minimum atomic E-state index is 0.348. The molecule has 1 heterocycles. The molecule has 0 amide bonds. The highest BCUT2D eigenvalue weighted by molar-refractivity contribution is 5.70. The van der Waals surface area contributed by atoms with Gasteiger partial charge in [0.15, 0.2) is 0 Å². The Balaban J connectivity index is 2.69. The van der Waals surface area contributed by atoms with E-state index in [0.29, 0.717) is 22.6 Å². The number of benzene rings is 1. The highest BCUT2D eigenvalue weighted by Crippen LogP contribution is 2.27. The molecule has 0 unspecified atom stereocenters. The van der Waals surface area contributed by atoms with Crippen LogP contribution in [-0.2, 0) is 0 Å². The summed E-state index contributed by atoms with van der Waals surface area (Å²) in [5.41, 5.74) is 2.37. The second-order valence-corrected chi connectivity index (χ2v) is 4.52. The molecule has 0 aliphatic rings. The first-order valence-corrected chi connectivity index (χ1v) is 6.90. The van der Waals surface area contributed by atoms with Crippen molar-refractivity contribution in [3.05, 3.63) is 47.5 Å². The number of hydrogen-bond acceptors (Lipinski definition) is 4. The van der Waals surface area contributed by atoms with Gasteiger partial charge in [0.25, 0.3) is 0 Å². The van der Waals surface area contributed by atoms with Crippen LogP contribution in [0.5, 0.6) is 0 Å². The number of nitriles is 2. The lowest BCUT2D eigenvalue weighted by Crippen LogP contribution is -2.24. The summed E-state index contributed by atoms with van der Waals surface area (Å²) in [5, 5.41) is 18.7. The van der Waals surface area contributed by atoms with E-state index in [-0.39, 0.29) is 0 Å². The Morgan fingerprint density at radius 2 is 1.71 bits per heavy atom. The van der Waals surface area contributed by atoms with Crippen molar-refractivity contribution in [3.8, 4) is 23.4 Å². The molecule has 2 aromatic rings. The zero-order chi connectivity index (χ0) is 15.2. The summed E-state index contributed by atoms with van der Waals surface area (Å²) in [7, 11) is 0. The van der Waals surface area contributed by atoms with E-state index in [0.717, 1.165) is 18.7 Å². The van der Waals surface area contributed by atoms with Gasteiger partial charge in [0.2, 0.25) is 0 Å². The molecule has 104 valence electrons. The quantitative estimate of drug-likeness (QED) is 0.859. The SMILES string of the molecule is CCN(CC)c1nc(-c2ccccc2)cc(C#N)c1C#N. The summed E-state index contributed by atoms with van der Waals surface area (Å²) in [6, 6.07) is 15.6. The van der Waals surface area contributed by atoms with Crippen molar-refractivity contribution in [1.29, 1.82) is 10.5 Å². The number of nitrogens with zero attached hydrogens (tertiary/aromatic N) is 4. The first-order valence-electron chi connectivity index (χ1n) is 6.90. The third kappa shape index (κ3) is 2.85. The van der Waals surface area contributed by atoms with E-state index in [9.17, 15) is 10.5 Å². The molecule has 0 saturated carbocycles. The van der Waals surface area contributed by atoms with Crippen LogP contribution in [0.4, 0.5) is 5.82 Å². The molecule has 0 atom stereocenters. The third-order valence-electron chi connectivity index (χ3n) is 3.37. The highest BCUT2D eigenvalue weighted by atomic mass is 15.2. The Bertz CT molecular complexity index is 704. The normalized spacial score (nSPS) is 9.71. The first kappa shape index (κ1) is 14.6. The van der Waals surface area contributed by atoms with Crippen molar-refractivity contribution in [3.63, 3.8) is 0 Å². The molecule has 1 aromatic heterocycles. The molecule has 2 rings (SSSR count). The van der Waals surface area contributed by atoms with E-state index in [1.807, 2.05) is 49.1 Å². The molecule has 4 nitrogen and oxygen atoms in total. The molecule has 1 aromatic carbocycles. The average Bonchev–Trinajstić information content (AvgIpc) is 2.56. The molecular formula is C17H16N4. The van der Waals surface area contributed by atoms with Crippen LogP contribution in [0.25, 0.3) is 11.3 Å². The van der Waals surface area contributed by atoms with Crippen LogP contribution >= 0.6 is 0 Å². The molecule has 4 heteroatoms. The zero-order valence-corrected chi connectivity index (χ0v) is 12.2. The van der Waals surface area contributed by atoms with E-state index in [1.165, 1.54) is 0 Å². The Kier molecular flexibility index (Phi) is 4.53. The van der Waals surface area contributed by atoms with Gasteiger partial charge in [-0.2, -0.15) is 10.5 Å². The van der Waals surface area contributed by atoms with Gasteiger partial charge in [0.05, 0.1) is 11.3 Å². The lowest BCUT2D eigenvalue weighted by atomic mass is 10.1. The number of pyridine rings is 1. The van der Waals surface area contributed by atoms with Crippen LogP contribution in [0, 0.1) is 22.7 Å². The van der Waals surface area contributed by atoms with Crippen molar-refractivity contribution in [1.82, 2.24) is 4.98 Å². The van der Waals surface area contributed by atoms with E-state index >= 15 is 0 Å². The largest absolute Gasteiger partial charge is 0.356 e. The van der Waals surface area contributed by atoms with Crippen LogP contribution < -0.4 is 4.90 Å². The van der Waals surface area contributed by atoms with Gasteiger partial charge in [-0.3, -0.25) is 0 Å². The maximum absolute atomic E-state index is 9.36. The molecule has 0 bridgehead atoms. The van der Waals surface area contributed by atoms with E-state index in [1.54, 1.807) is 6.07 Å². The molecule has 0 saturated heterocycles. The minimum absolute atomic E-state index is 0.348. The monoisotopic (exact) mass is 276 g/mol. The minimum Gasteiger partial charge on any atom is -0.356 e. The van der Waals surface area contributed by atoms with Gasteiger partial charge in [-0.1, -0.05) is 30.3 Å². The summed E-state index contributed by atoms with van der Waals surface area (Å²) in [5.74, 6) is 0.584. The van der Waals surface area contributed by atoms with Crippen LogP contribution in [0.1, 0.15) is 25.0 Å². The molecular weight excluding hydrogens is 260 g/mol. The summed E-state index contributed by atoms with van der Waals surface area (Å²) < 4.78 is 0. The third-order valence-corrected chi connectivity index (χ3v) is 3.37. The van der Waals surface area contributed by atoms with Gasteiger partial charge in [-0.05, 0) is 19.9 Å². The van der Waals surface area contributed by atoms with E-state index < -0.39 is 0 Å². The lowest BCUT2D eigenvalue weighted by molar-refractivity contribution is 0.844. The van der Waals surface area contributed by atoms with Crippen LogP contribution in [-0.4, -0.2) is 18.1 Å². The average molecular weight is 276 g/mol. The maximum atomic E-state index is 9.36. The van der Waals surface area contributed by atoms with Crippen LogP contribution in [0.15, 0.2) is 36.4 Å².